The monoisotopic (exact) mass is 386 g/mol. The molecule has 0 saturated heterocycles. The normalized spacial score (nSPS) is 12.3. The maximum absolute atomic E-state index is 6.36. The fourth-order valence-corrected chi connectivity index (χ4v) is 4.79. The molecule has 0 aliphatic carbocycles. The van der Waals surface area contributed by atoms with Gasteiger partial charge < -0.3 is 8.83 Å². The summed E-state index contributed by atoms with van der Waals surface area (Å²) in [4.78, 5) is 0. The molecule has 7 aromatic rings. The SMILES string of the molecule is Cc1ccc2cc3oc4c(ccc5c6cc7cc(C)ccc7cc6oc54)c3cc2c1. The van der Waals surface area contributed by atoms with E-state index in [0.717, 1.165) is 43.9 Å². The van der Waals surface area contributed by atoms with Crippen LogP contribution in [0.2, 0.25) is 0 Å². The lowest BCUT2D eigenvalue weighted by Crippen LogP contribution is -1.76. The second-order valence-electron chi connectivity index (χ2n) is 8.42. The fourth-order valence-electron chi connectivity index (χ4n) is 4.79. The molecule has 0 N–H and O–H groups in total. The van der Waals surface area contributed by atoms with Crippen molar-refractivity contribution in [2.75, 3.05) is 0 Å². The number of hydrogen-bond acceptors (Lipinski definition) is 2. The third-order valence-electron chi connectivity index (χ3n) is 6.30. The van der Waals surface area contributed by atoms with Gasteiger partial charge in [-0.1, -0.05) is 47.5 Å². The first-order valence-electron chi connectivity index (χ1n) is 10.3. The van der Waals surface area contributed by atoms with Gasteiger partial charge in [0.15, 0.2) is 11.2 Å². The quantitative estimate of drug-likeness (QED) is 0.261. The van der Waals surface area contributed by atoms with Crippen molar-refractivity contribution in [3.63, 3.8) is 0 Å². The van der Waals surface area contributed by atoms with Gasteiger partial charge in [-0.2, -0.15) is 0 Å². The van der Waals surface area contributed by atoms with Crippen LogP contribution in [-0.2, 0) is 0 Å². The van der Waals surface area contributed by atoms with Gasteiger partial charge in [0.2, 0.25) is 0 Å². The zero-order chi connectivity index (χ0) is 20.0. The summed E-state index contributed by atoms with van der Waals surface area (Å²) in [5.74, 6) is 0. The molecule has 0 atom stereocenters. The van der Waals surface area contributed by atoms with Crippen LogP contribution in [-0.4, -0.2) is 0 Å². The third-order valence-corrected chi connectivity index (χ3v) is 6.30. The number of fused-ring (bicyclic) bond motifs is 9. The number of aryl methyl sites for hydroxylation is 2. The summed E-state index contributed by atoms with van der Waals surface area (Å²) in [7, 11) is 0. The Morgan fingerprint density at radius 1 is 0.433 bits per heavy atom. The minimum Gasteiger partial charge on any atom is -0.452 e. The minimum absolute atomic E-state index is 0.825. The van der Waals surface area contributed by atoms with Crippen LogP contribution in [0.5, 0.6) is 0 Å². The van der Waals surface area contributed by atoms with Crippen LogP contribution in [0.1, 0.15) is 11.1 Å². The molecule has 142 valence electrons. The molecule has 0 bridgehead atoms. The zero-order valence-corrected chi connectivity index (χ0v) is 16.7. The molecule has 0 fully saturated rings. The van der Waals surface area contributed by atoms with Crippen molar-refractivity contribution in [2.24, 2.45) is 0 Å². The van der Waals surface area contributed by atoms with E-state index in [-0.39, 0.29) is 0 Å². The van der Waals surface area contributed by atoms with E-state index in [0.29, 0.717) is 0 Å². The molecule has 30 heavy (non-hydrogen) atoms. The predicted octanol–water partition coefficient (Wildman–Crippen LogP) is 8.41. The lowest BCUT2D eigenvalue weighted by molar-refractivity contribution is 0.634. The molecule has 2 aromatic heterocycles. The molecule has 2 nitrogen and oxygen atoms in total. The second-order valence-corrected chi connectivity index (χ2v) is 8.42. The number of benzene rings is 5. The van der Waals surface area contributed by atoms with Gasteiger partial charge in [0.05, 0.1) is 0 Å². The van der Waals surface area contributed by atoms with Crippen LogP contribution < -0.4 is 0 Å². The Hall–Kier alpha value is -3.78. The maximum atomic E-state index is 6.36. The molecule has 0 unspecified atom stereocenters. The lowest BCUT2D eigenvalue weighted by Gasteiger charge is -2.00. The molecule has 0 radical (unpaired) electrons. The van der Waals surface area contributed by atoms with E-state index in [1.807, 2.05) is 0 Å². The Morgan fingerprint density at radius 3 is 1.37 bits per heavy atom. The van der Waals surface area contributed by atoms with E-state index >= 15 is 0 Å². The van der Waals surface area contributed by atoms with Gasteiger partial charge in [-0.3, -0.25) is 0 Å². The molecule has 0 aliphatic rings. The fraction of sp³-hybridized carbons (Fsp3) is 0.0714. The minimum atomic E-state index is 0.825. The molecule has 7 rings (SSSR count). The Morgan fingerprint density at radius 2 is 0.900 bits per heavy atom. The highest BCUT2D eigenvalue weighted by Crippen LogP contribution is 2.40. The van der Waals surface area contributed by atoms with Crippen LogP contribution in [0.4, 0.5) is 0 Å². The molecule has 0 saturated carbocycles. The summed E-state index contributed by atoms with van der Waals surface area (Å²) in [5.41, 5.74) is 5.97. The molecule has 5 aromatic carbocycles. The van der Waals surface area contributed by atoms with Crippen molar-refractivity contribution in [3.05, 3.63) is 83.9 Å². The van der Waals surface area contributed by atoms with Crippen molar-refractivity contribution in [3.8, 4) is 0 Å². The topological polar surface area (TPSA) is 26.3 Å². The Kier molecular flexibility index (Phi) is 2.91. The van der Waals surface area contributed by atoms with E-state index in [1.54, 1.807) is 0 Å². The van der Waals surface area contributed by atoms with Gasteiger partial charge in [0, 0.05) is 21.5 Å². The average molecular weight is 386 g/mol. The predicted molar refractivity (Wildman–Crippen MR) is 125 cm³/mol. The van der Waals surface area contributed by atoms with Gasteiger partial charge in [0.25, 0.3) is 0 Å². The Bertz CT molecular complexity index is 1680. The van der Waals surface area contributed by atoms with E-state index in [2.05, 4.69) is 86.6 Å². The summed E-state index contributed by atoms with van der Waals surface area (Å²) in [6, 6.07) is 26.1. The van der Waals surface area contributed by atoms with E-state index < -0.39 is 0 Å². The summed E-state index contributed by atoms with van der Waals surface area (Å²) in [6.07, 6.45) is 0. The van der Waals surface area contributed by atoms with E-state index in [9.17, 15) is 0 Å². The van der Waals surface area contributed by atoms with Crippen LogP contribution in [0.3, 0.4) is 0 Å². The molecular weight excluding hydrogens is 368 g/mol. The van der Waals surface area contributed by atoms with Crippen LogP contribution >= 0.6 is 0 Å². The van der Waals surface area contributed by atoms with E-state index in [1.165, 1.54) is 32.7 Å². The standard InChI is InChI=1S/C28H18O2/c1-15-3-5-17-13-25-23(11-19(17)9-15)21-7-8-22-24-12-20-10-16(2)4-6-18(20)14-26(24)30-28(22)27(21)29-25/h3-14H,1-2H3. The van der Waals surface area contributed by atoms with Gasteiger partial charge in [-0.05, 0) is 71.8 Å². The first kappa shape index (κ1) is 16.1. The first-order valence-corrected chi connectivity index (χ1v) is 10.3. The smallest absolute Gasteiger partial charge is 0.178 e. The Balaban J connectivity index is 1.61. The van der Waals surface area contributed by atoms with Crippen molar-refractivity contribution in [1.29, 1.82) is 0 Å². The summed E-state index contributed by atoms with van der Waals surface area (Å²) < 4.78 is 12.7. The highest BCUT2D eigenvalue weighted by molar-refractivity contribution is 6.21. The Labute approximate surface area is 172 Å². The zero-order valence-electron chi connectivity index (χ0n) is 16.7. The van der Waals surface area contributed by atoms with Crippen molar-refractivity contribution in [2.45, 2.75) is 13.8 Å². The van der Waals surface area contributed by atoms with Crippen LogP contribution in [0.15, 0.2) is 81.6 Å². The highest BCUT2D eigenvalue weighted by atomic mass is 16.4. The van der Waals surface area contributed by atoms with Crippen LogP contribution in [0, 0.1) is 13.8 Å². The van der Waals surface area contributed by atoms with E-state index in [4.69, 9.17) is 8.83 Å². The number of rotatable bonds is 0. The second kappa shape index (κ2) is 5.43. The molecule has 0 spiro atoms. The first-order chi connectivity index (χ1) is 14.6. The van der Waals surface area contributed by atoms with Gasteiger partial charge in [-0.25, -0.2) is 0 Å². The summed E-state index contributed by atoms with van der Waals surface area (Å²) >= 11 is 0. The molecule has 2 heteroatoms. The van der Waals surface area contributed by atoms with Crippen molar-refractivity contribution in [1.82, 2.24) is 0 Å². The summed E-state index contributed by atoms with van der Waals surface area (Å²) in [6.45, 7) is 4.25. The van der Waals surface area contributed by atoms with Crippen molar-refractivity contribution >= 4 is 65.4 Å². The highest BCUT2D eigenvalue weighted by Gasteiger charge is 2.17. The number of furan rings is 2. The third kappa shape index (κ3) is 2.08. The van der Waals surface area contributed by atoms with Gasteiger partial charge >= 0.3 is 0 Å². The van der Waals surface area contributed by atoms with Crippen molar-refractivity contribution < 1.29 is 8.83 Å². The number of hydrogen-bond donors (Lipinski definition) is 0. The average Bonchev–Trinajstić information content (AvgIpc) is 3.28. The largest absolute Gasteiger partial charge is 0.452 e. The molecule has 2 heterocycles. The molecule has 0 amide bonds. The lowest BCUT2D eigenvalue weighted by atomic mass is 10.0. The van der Waals surface area contributed by atoms with Gasteiger partial charge in [0.1, 0.15) is 11.2 Å². The van der Waals surface area contributed by atoms with Gasteiger partial charge in [-0.15, -0.1) is 0 Å². The maximum Gasteiger partial charge on any atom is 0.178 e. The summed E-state index contributed by atoms with van der Waals surface area (Å²) in [5, 5.41) is 9.30. The molecular formula is C28H18O2. The molecule has 0 aliphatic heterocycles. The van der Waals surface area contributed by atoms with Crippen LogP contribution in [0.25, 0.3) is 65.4 Å².